The second-order valence-electron chi connectivity index (χ2n) is 7.30. The molecule has 0 atom stereocenters. The lowest BCUT2D eigenvalue weighted by Gasteiger charge is -2.15. The number of aromatic carboxylic acids is 1. The molecule has 1 aromatic carbocycles. The predicted molar refractivity (Wildman–Crippen MR) is 102 cm³/mol. The van der Waals surface area contributed by atoms with Gasteiger partial charge in [0, 0.05) is 10.8 Å². The second kappa shape index (κ2) is 7.86. The maximum Gasteiger partial charge on any atom is 0.335 e. The fourth-order valence-electron chi connectivity index (χ4n) is 2.21. The second-order valence-corrected chi connectivity index (χ2v) is 8.16. The van der Waals surface area contributed by atoms with Gasteiger partial charge in [-0.05, 0) is 32.0 Å². The lowest BCUT2D eigenvalue weighted by atomic mass is 9.98. The van der Waals surface area contributed by atoms with Crippen LogP contribution in [0.25, 0.3) is 0 Å². The monoisotopic (exact) mass is 376 g/mol. The standard InChI is InChI=1S/C19H24N2O4S/c1-11(2)25-15-7-6-12(17(23)24)8-14(15)21-16(22)9-13-10-26-18(20-13)19(3,4)5/h6-8,10-11H,9H2,1-5H3,(H,21,22)(H,23,24). The van der Waals surface area contributed by atoms with Crippen LogP contribution in [0, 0.1) is 0 Å². The molecule has 0 fully saturated rings. The number of thiazole rings is 1. The molecule has 140 valence electrons. The van der Waals surface area contributed by atoms with Crippen molar-refractivity contribution in [2.75, 3.05) is 5.32 Å². The van der Waals surface area contributed by atoms with Crippen LogP contribution in [-0.2, 0) is 16.6 Å². The summed E-state index contributed by atoms with van der Waals surface area (Å²) >= 11 is 1.53. The zero-order valence-electron chi connectivity index (χ0n) is 15.6. The van der Waals surface area contributed by atoms with Crippen molar-refractivity contribution in [3.8, 4) is 5.75 Å². The van der Waals surface area contributed by atoms with Crippen molar-refractivity contribution in [2.24, 2.45) is 0 Å². The van der Waals surface area contributed by atoms with Gasteiger partial charge in [-0.25, -0.2) is 9.78 Å². The van der Waals surface area contributed by atoms with E-state index < -0.39 is 5.97 Å². The molecule has 0 aliphatic carbocycles. The van der Waals surface area contributed by atoms with E-state index in [0.717, 1.165) is 5.01 Å². The van der Waals surface area contributed by atoms with Crippen LogP contribution in [0.4, 0.5) is 5.69 Å². The van der Waals surface area contributed by atoms with E-state index in [1.807, 2.05) is 19.2 Å². The summed E-state index contributed by atoms with van der Waals surface area (Å²) in [5.41, 5.74) is 1.06. The van der Waals surface area contributed by atoms with Crippen molar-refractivity contribution >= 4 is 28.9 Å². The van der Waals surface area contributed by atoms with Gasteiger partial charge in [0.1, 0.15) is 5.75 Å². The maximum absolute atomic E-state index is 12.4. The van der Waals surface area contributed by atoms with Crippen molar-refractivity contribution in [1.29, 1.82) is 0 Å². The molecule has 0 unspecified atom stereocenters. The minimum Gasteiger partial charge on any atom is -0.489 e. The molecule has 1 amide bonds. The van der Waals surface area contributed by atoms with Gasteiger partial charge in [0.05, 0.1) is 34.5 Å². The van der Waals surface area contributed by atoms with Crippen molar-refractivity contribution < 1.29 is 19.4 Å². The summed E-state index contributed by atoms with van der Waals surface area (Å²) in [6, 6.07) is 4.41. The molecule has 0 aliphatic heterocycles. The van der Waals surface area contributed by atoms with E-state index in [9.17, 15) is 9.59 Å². The Balaban J connectivity index is 2.17. The number of amides is 1. The highest BCUT2D eigenvalue weighted by Crippen LogP contribution is 2.28. The Morgan fingerprint density at radius 3 is 2.54 bits per heavy atom. The SMILES string of the molecule is CC(C)Oc1ccc(C(=O)O)cc1NC(=O)Cc1csc(C(C)(C)C)n1. The third kappa shape index (κ3) is 5.29. The Labute approximate surface area is 157 Å². The first kappa shape index (κ1) is 19.9. The molecule has 0 saturated heterocycles. The van der Waals surface area contributed by atoms with Gasteiger partial charge in [-0.2, -0.15) is 0 Å². The van der Waals surface area contributed by atoms with E-state index in [2.05, 4.69) is 31.1 Å². The average molecular weight is 376 g/mol. The fourth-order valence-corrected chi connectivity index (χ4v) is 3.12. The summed E-state index contributed by atoms with van der Waals surface area (Å²) in [5.74, 6) is -0.898. The third-order valence-corrected chi connectivity index (χ3v) is 4.72. The molecule has 26 heavy (non-hydrogen) atoms. The molecule has 0 saturated carbocycles. The summed E-state index contributed by atoms with van der Waals surface area (Å²) in [6.07, 6.45) is 0.0135. The maximum atomic E-state index is 12.4. The molecule has 2 N–H and O–H groups in total. The Bertz CT molecular complexity index is 806. The van der Waals surface area contributed by atoms with Crippen LogP contribution in [0.15, 0.2) is 23.6 Å². The molecule has 1 heterocycles. The van der Waals surface area contributed by atoms with E-state index in [0.29, 0.717) is 17.1 Å². The number of nitrogens with zero attached hydrogens (tertiary/aromatic N) is 1. The minimum atomic E-state index is -1.06. The van der Waals surface area contributed by atoms with Crippen LogP contribution in [0.1, 0.15) is 55.7 Å². The van der Waals surface area contributed by atoms with Crippen molar-refractivity contribution in [3.05, 3.63) is 39.8 Å². The zero-order chi connectivity index (χ0) is 19.5. The van der Waals surface area contributed by atoms with E-state index in [4.69, 9.17) is 9.84 Å². The van der Waals surface area contributed by atoms with Gasteiger partial charge in [0.2, 0.25) is 5.91 Å². The highest BCUT2D eigenvalue weighted by molar-refractivity contribution is 7.09. The Kier molecular flexibility index (Phi) is 6.02. The molecule has 0 aliphatic rings. The first-order chi connectivity index (χ1) is 12.1. The molecule has 7 heteroatoms. The van der Waals surface area contributed by atoms with Crippen molar-refractivity contribution in [2.45, 2.75) is 52.6 Å². The number of aromatic nitrogens is 1. The topological polar surface area (TPSA) is 88.5 Å². The van der Waals surface area contributed by atoms with Gasteiger partial charge < -0.3 is 15.2 Å². The lowest BCUT2D eigenvalue weighted by Crippen LogP contribution is -2.17. The summed E-state index contributed by atoms with van der Waals surface area (Å²) in [7, 11) is 0. The number of nitrogens with one attached hydrogen (secondary N) is 1. The summed E-state index contributed by atoms with van der Waals surface area (Å²) < 4.78 is 5.66. The molecular weight excluding hydrogens is 352 g/mol. The van der Waals surface area contributed by atoms with Gasteiger partial charge in [0.15, 0.2) is 0 Å². The van der Waals surface area contributed by atoms with Gasteiger partial charge >= 0.3 is 5.97 Å². The predicted octanol–water partition coefficient (Wildman–Crippen LogP) is 4.11. The largest absolute Gasteiger partial charge is 0.489 e. The molecule has 6 nitrogen and oxygen atoms in total. The van der Waals surface area contributed by atoms with E-state index in [1.165, 1.54) is 23.5 Å². The van der Waals surface area contributed by atoms with Crippen LogP contribution in [0.2, 0.25) is 0 Å². The summed E-state index contributed by atoms with van der Waals surface area (Å²) in [4.78, 5) is 28.1. The van der Waals surface area contributed by atoms with E-state index in [1.54, 1.807) is 6.07 Å². The number of carbonyl (C=O) groups excluding carboxylic acids is 1. The molecule has 2 rings (SSSR count). The van der Waals surface area contributed by atoms with Gasteiger partial charge in [-0.1, -0.05) is 20.8 Å². The quantitative estimate of drug-likeness (QED) is 0.792. The number of benzene rings is 1. The summed E-state index contributed by atoms with van der Waals surface area (Å²) in [5, 5.41) is 14.8. The van der Waals surface area contributed by atoms with Crippen molar-refractivity contribution in [1.82, 2.24) is 4.98 Å². The number of anilines is 1. The van der Waals surface area contributed by atoms with Gasteiger partial charge in [0.25, 0.3) is 0 Å². The molecule has 0 radical (unpaired) electrons. The number of rotatable bonds is 6. The first-order valence-corrected chi connectivity index (χ1v) is 9.23. The molecule has 1 aromatic heterocycles. The van der Waals surface area contributed by atoms with Crippen molar-refractivity contribution in [3.63, 3.8) is 0 Å². The number of carbonyl (C=O) groups is 2. The normalized spacial score (nSPS) is 11.5. The number of hydrogen-bond donors (Lipinski definition) is 2. The van der Waals surface area contributed by atoms with E-state index >= 15 is 0 Å². The molecule has 0 bridgehead atoms. The van der Waals surface area contributed by atoms with Crippen LogP contribution < -0.4 is 10.1 Å². The third-order valence-electron chi connectivity index (χ3n) is 3.40. The minimum absolute atomic E-state index is 0.0620. The average Bonchev–Trinajstić information content (AvgIpc) is 2.96. The van der Waals surface area contributed by atoms with Crippen LogP contribution in [0.3, 0.4) is 0 Å². The zero-order valence-corrected chi connectivity index (χ0v) is 16.4. The summed E-state index contributed by atoms with van der Waals surface area (Å²) in [6.45, 7) is 9.94. The Morgan fingerprint density at radius 2 is 2.00 bits per heavy atom. The van der Waals surface area contributed by atoms with Crippen LogP contribution in [0.5, 0.6) is 5.75 Å². The first-order valence-electron chi connectivity index (χ1n) is 8.35. The molecular formula is C19H24N2O4S. The molecule has 2 aromatic rings. The number of ether oxygens (including phenoxy) is 1. The number of carboxylic acids is 1. The lowest BCUT2D eigenvalue weighted by molar-refractivity contribution is -0.115. The Morgan fingerprint density at radius 1 is 1.31 bits per heavy atom. The Hall–Kier alpha value is -2.41. The smallest absolute Gasteiger partial charge is 0.335 e. The number of carboxylic acid groups (broad SMARTS) is 1. The highest BCUT2D eigenvalue weighted by Gasteiger charge is 2.19. The van der Waals surface area contributed by atoms with Crippen LogP contribution in [-0.4, -0.2) is 28.1 Å². The van der Waals surface area contributed by atoms with E-state index in [-0.39, 0.29) is 29.4 Å². The van der Waals surface area contributed by atoms with Gasteiger partial charge in [-0.15, -0.1) is 11.3 Å². The number of hydrogen-bond acceptors (Lipinski definition) is 5. The highest BCUT2D eigenvalue weighted by atomic mass is 32.1. The fraction of sp³-hybridized carbons (Fsp3) is 0.421. The van der Waals surface area contributed by atoms with Gasteiger partial charge in [-0.3, -0.25) is 4.79 Å². The molecule has 0 spiro atoms. The van der Waals surface area contributed by atoms with Crippen LogP contribution >= 0.6 is 11.3 Å².